The van der Waals surface area contributed by atoms with Gasteiger partial charge in [-0.15, -0.1) is 11.3 Å². The zero-order chi connectivity index (χ0) is 13.4. The highest BCUT2D eigenvalue weighted by molar-refractivity contribution is 7.12. The van der Waals surface area contributed by atoms with E-state index >= 15 is 0 Å². The van der Waals surface area contributed by atoms with Crippen LogP contribution in [0.3, 0.4) is 0 Å². The predicted octanol–water partition coefficient (Wildman–Crippen LogP) is 5.81. The minimum Gasteiger partial charge on any atom is -0.245 e. The standard InChI is InChI=1S/C16H27NS/c1-5-8-9-10-12-16(4,11-6-2)14-13-17-15(7-3)18-14/h7,13H,3,5-6,8-12H2,1-2,4H3. The molecule has 0 bridgehead atoms. The maximum Gasteiger partial charge on any atom is 0.115 e. The summed E-state index contributed by atoms with van der Waals surface area (Å²) in [6.07, 6.45) is 13.1. The van der Waals surface area contributed by atoms with Crippen LogP contribution in [0.1, 0.15) is 75.6 Å². The van der Waals surface area contributed by atoms with Crippen molar-refractivity contribution >= 4 is 17.4 Å². The molecule has 102 valence electrons. The smallest absolute Gasteiger partial charge is 0.115 e. The molecule has 0 radical (unpaired) electrons. The average molecular weight is 265 g/mol. The molecule has 0 saturated carbocycles. The highest BCUT2D eigenvalue weighted by Crippen LogP contribution is 2.37. The maximum absolute atomic E-state index is 4.43. The Morgan fingerprint density at radius 1 is 1.22 bits per heavy atom. The molecule has 1 rings (SSSR count). The molecule has 0 aliphatic carbocycles. The van der Waals surface area contributed by atoms with E-state index in [0.29, 0.717) is 5.41 Å². The van der Waals surface area contributed by atoms with E-state index in [1.807, 2.05) is 17.4 Å². The van der Waals surface area contributed by atoms with Crippen LogP contribution >= 0.6 is 11.3 Å². The Morgan fingerprint density at radius 3 is 2.56 bits per heavy atom. The molecular weight excluding hydrogens is 238 g/mol. The van der Waals surface area contributed by atoms with Gasteiger partial charge in [0.2, 0.25) is 0 Å². The topological polar surface area (TPSA) is 12.9 Å². The van der Waals surface area contributed by atoms with Crippen molar-refractivity contribution in [1.82, 2.24) is 4.98 Å². The van der Waals surface area contributed by atoms with Crippen LogP contribution in [0, 0.1) is 0 Å². The van der Waals surface area contributed by atoms with Gasteiger partial charge in [-0.05, 0) is 18.9 Å². The lowest BCUT2D eigenvalue weighted by atomic mass is 9.79. The molecule has 0 amide bonds. The molecule has 1 nitrogen and oxygen atoms in total. The van der Waals surface area contributed by atoms with Crippen LogP contribution in [0.25, 0.3) is 6.08 Å². The van der Waals surface area contributed by atoms with Crippen molar-refractivity contribution in [1.29, 1.82) is 0 Å². The van der Waals surface area contributed by atoms with E-state index in [9.17, 15) is 0 Å². The van der Waals surface area contributed by atoms with Gasteiger partial charge in [0.25, 0.3) is 0 Å². The SMILES string of the molecule is C=Cc1ncc(C(C)(CCC)CCCCCC)s1. The van der Waals surface area contributed by atoms with Crippen molar-refractivity contribution in [3.63, 3.8) is 0 Å². The summed E-state index contributed by atoms with van der Waals surface area (Å²) in [5, 5.41) is 1.06. The van der Waals surface area contributed by atoms with Crippen LogP contribution in [0.5, 0.6) is 0 Å². The molecule has 1 aromatic rings. The molecule has 1 heterocycles. The van der Waals surface area contributed by atoms with Crippen LogP contribution in [-0.2, 0) is 5.41 Å². The zero-order valence-corrected chi connectivity index (χ0v) is 13.0. The maximum atomic E-state index is 4.43. The van der Waals surface area contributed by atoms with Crippen molar-refractivity contribution in [2.45, 2.75) is 71.1 Å². The Bertz CT molecular complexity index is 356. The first-order chi connectivity index (χ1) is 8.66. The number of unbranched alkanes of at least 4 members (excludes halogenated alkanes) is 3. The third-order valence-corrected chi connectivity index (χ3v) is 4.98. The average Bonchev–Trinajstić information content (AvgIpc) is 2.84. The minimum absolute atomic E-state index is 0.321. The van der Waals surface area contributed by atoms with Gasteiger partial charge in [-0.2, -0.15) is 0 Å². The van der Waals surface area contributed by atoms with Crippen LogP contribution in [0.15, 0.2) is 12.8 Å². The fraction of sp³-hybridized carbons (Fsp3) is 0.688. The Labute approximate surface area is 116 Å². The van der Waals surface area contributed by atoms with Gasteiger partial charge < -0.3 is 0 Å². The van der Waals surface area contributed by atoms with Crippen molar-refractivity contribution in [2.75, 3.05) is 0 Å². The highest BCUT2D eigenvalue weighted by Gasteiger charge is 2.27. The van der Waals surface area contributed by atoms with E-state index in [0.717, 1.165) is 5.01 Å². The monoisotopic (exact) mass is 265 g/mol. The summed E-state index contributed by atoms with van der Waals surface area (Å²) in [5.74, 6) is 0. The summed E-state index contributed by atoms with van der Waals surface area (Å²) >= 11 is 1.81. The van der Waals surface area contributed by atoms with E-state index in [4.69, 9.17) is 0 Å². The largest absolute Gasteiger partial charge is 0.245 e. The fourth-order valence-corrected chi connectivity index (χ4v) is 3.50. The molecule has 0 spiro atoms. The van der Waals surface area contributed by atoms with E-state index in [1.165, 1.54) is 49.8 Å². The Morgan fingerprint density at radius 2 is 2.00 bits per heavy atom. The first kappa shape index (κ1) is 15.4. The lowest BCUT2D eigenvalue weighted by Gasteiger charge is -2.28. The number of aromatic nitrogens is 1. The van der Waals surface area contributed by atoms with E-state index in [2.05, 4.69) is 38.5 Å². The summed E-state index contributed by atoms with van der Waals surface area (Å²) in [6, 6.07) is 0. The van der Waals surface area contributed by atoms with Crippen molar-refractivity contribution < 1.29 is 0 Å². The summed E-state index contributed by atoms with van der Waals surface area (Å²) in [4.78, 5) is 5.87. The minimum atomic E-state index is 0.321. The van der Waals surface area contributed by atoms with Crippen LogP contribution in [0.2, 0.25) is 0 Å². The number of hydrogen-bond donors (Lipinski definition) is 0. The second kappa shape index (κ2) is 7.73. The first-order valence-corrected chi connectivity index (χ1v) is 8.06. The number of rotatable bonds is 9. The summed E-state index contributed by atoms with van der Waals surface area (Å²) < 4.78 is 0. The highest BCUT2D eigenvalue weighted by atomic mass is 32.1. The van der Waals surface area contributed by atoms with E-state index in [-0.39, 0.29) is 0 Å². The normalized spacial score (nSPS) is 14.4. The van der Waals surface area contributed by atoms with E-state index in [1.54, 1.807) is 0 Å². The molecule has 0 saturated heterocycles. The number of nitrogens with zero attached hydrogens (tertiary/aromatic N) is 1. The van der Waals surface area contributed by atoms with Gasteiger partial charge in [-0.1, -0.05) is 59.5 Å². The predicted molar refractivity (Wildman–Crippen MR) is 83.2 cm³/mol. The van der Waals surface area contributed by atoms with Crippen LogP contribution < -0.4 is 0 Å². The van der Waals surface area contributed by atoms with Gasteiger partial charge in [0, 0.05) is 16.5 Å². The molecule has 0 aromatic carbocycles. The van der Waals surface area contributed by atoms with Gasteiger partial charge in [-0.25, -0.2) is 4.98 Å². The molecule has 0 fully saturated rings. The van der Waals surface area contributed by atoms with Crippen molar-refractivity contribution in [2.24, 2.45) is 0 Å². The van der Waals surface area contributed by atoms with Gasteiger partial charge in [0.15, 0.2) is 0 Å². The van der Waals surface area contributed by atoms with E-state index < -0.39 is 0 Å². The molecule has 0 aliphatic heterocycles. The Kier molecular flexibility index (Phi) is 6.62. The molecule has 2 heteroatoms. The van der Waals surface area contributed by atoms with Crippen molar-refractivity contribution in [3.05, 3.63) is 22.7 Å². The quantitative estimate of drug-likeness (QED) is 0.513. The van der Waals surface area contributed by atoms with Crippen LogP contribution in [-0.4, -0.2) is 4.98 Å². The zero-order valence-electron chi connectivity index (χ0n) is 12.2. The lowest BCUT2D eigenvalue weighted by molar-refractivity contribution is 0.383. The van der Waals surface area contributed by atoms with Gasteiger partial charge in [0.05, 0.1) is 0 Å². The summed E-state index contributed by atoms with van der Waals surface area (Å²) in [5.41, 5.74) is 0.321. The number of thiazole rings is 1. The molecular formula is C16H27NS. The first-order valence-electron chi connectivity index (χ1n) is 7.25. The Balaban J connectivity index is 2.68. The third kappa shape index (κ3) is 4.24. The van der Waals surface area contributed by atoms with Crippen LogP contribution in [0.4, 0.5) is 0 Å². The third-order valence-electron chi connectivity index (χ3n) is 3.68. The molecule has 1 atom stereocenters. The second-order valence-electron chi connectivity index (χ2n) is 5.39. The second-order valence-corrected chi connectivity index (χ2v) is 6.45. The molecule has 1 unspecified atom stereocenters. The molecule has 0 N–H and O–H groups in total. The van der Waals surface area contributed by atoms with Crippen molar-refractivity contribution in [3.8, 4) is 0 Å². The molecule has 0 aliphatic rings. The summed E-state index contributed by atoms with van der Waals surface area (Å²) in [6.45, 7) is 10.8. The van der Waals surface area contributed by atoms with Gasteiger partial charge >= 0.3 is 0 Å². The molecule has 1 aromatic heterocycles. The van der Waals surface area contributed by atoms with Gasteiger partial charge in [-0.3, -0.25) is 0 Å². The molecule has 18 heavy (non-hydrogen) atoms. The number of hydrogen-bond acceptors (Lipinski definition) is 2. The van der Waals surface area contributed by atoms with Gasteiger partial charge in [0.1, 0.15) is 5.01 Å². The lowest BCUT2D eigenvalue weighted by Crippen LogP contribution is -2.20. The fourth-order valence-electron chi connectivity index (χ4n) is 2.53. The summed E-state index contributed by atoms with van der Waals surface area (Å²) in [7, 11) is 0. The Hall–Kier alpha value is -0.630.